The standard InChI is InChI=1S/C11H9Cl2N3/c1-6-2-3-15-11(16-6)7-4-8(12)10(14)9(13)5-7/h2-5H,14H2,1H3. The zero-order valence-corrected chi connectivity index (χ0v) is 10.0. The van der Waals surface area contributed by atoms with Crippen molar-refractivity contribution < 1.29 is 0 Å². The molecule has 2 aromatic rings. The molecule has 0 aliphatic heterocycles. The molecule has 0 saturated heterocycles. The maximum absolute atomic E-state index is 5.94. The van der Waals surface area contributed by atoms with Crippen LogP contribution in [0.5, 0.6) is 0 Å². The van der Waals surface area contributed by atoms with Gasteiger partial charge in [0.1, 0.15) is 0 Å². The maximum Gasteiger partial charge on any atom is 0.159 e. The number of benzene rings is 1. The van der Waals surface area contributed by atoms with Gasteiger partial charge in [-0.05, 0) is 25.1 Å². The summed E-state index contributed by atoms with van der Waals surface area (Å²) in [4.78, 5) is 8.44. The van der Waals surface area contributed by atoms with E-state index in [1.807, 2.05) is 13.0 Å². The quantitative estimate of drug-likeness (QED) is 0.794. The third kappa shape index (κ3) is 2.10. The van der Waals surface area contributed by atoms with Crippen LogP contribution in [0.2, 0.25) is 10.0 Å². The lowest BCUT2D eigenvalue weighted by atomic mass is 10.2. The van der Waals surface area contributed by atoms with E-state index in [1.165, 1.54) is 0 Å². The Balaban J connectivity index is 2.57. The van der Waals surface area contributed by atoms with Gasteiger partial charge in [-0.15, -0.1) is 0 Å². The number of aromatic nitrogens is 2. The van der Waals surface area contributed by atoms with E-state index in [2.05, 4.69) is 9.97 Å². The fraction of sp³-hybridized carbons (Fsp3) is 0.0909. The minimum Gasteiger partial charge on any atom is -0.396 e. The van der Waals surface area contributed by atoms with Crippen LogP contribution in [-0.2, 0) is 0 Å². The monoisotopic (exact) mass is 253 g/mol. The Morgan fingerprint density at radius 2 is 1.81 bits per heavy atom. The molecule has 0 saturated carbocycles. The molecule has 0 unspecified atom stereocenters. The van der Waals surface area contributed by atoms with E-state index in [9.17, 15) is 0 Å². The van der Waals surface area contributed by atoms with Crippen molar-refractivity contribution in [3.8, 4) is 11.4 Å². The second-order valence-electron chi connectivity index (χ2n) is 3.38. The molecule has 3 nitrogen and oxygen atoms in total. The van der Waals surface area contributed by atoms with Gasteiger partial charge in [0.2, 0.25) is 0 Å². The zero-order valence-electron chi connectivity index (χ0n) is 8.54. The van der Waals surface area contributed by atoms with Crippen molar-refractivity contribution >= 4 is 28.9 Å². The van der Waals surface area contributed by atoms with Crippen molar-refractivity contribution in [3.63, 3.8) is 0 Å². The fourth-order valence-corrected chi connectivity index (χ4v) is 1.79. The lowest BCUT2D eigenvalue weighted by Crippen LogP contribution is -1.93. The SMILES string of the molecule is Cc1ccnc(-c2cc(Cl)c(N)c(Cl)c2)n1. The number of halogens is 2. The van der Waals surface area contributed by atoms with Gasteiger partial charge in [0.05, 0.1) is 15.7 Å². The van der Waals surface area contributed by atoms with Gasteiger partial charge in [-0.1, -0.05) is 23.2 Å². The average Bonchev–Trinajstić information content (AvgIpc) is 2.25. The summed E-state index contributed by atoms with van der Waals surface area (Å²) >= 11 is 11.9. The van der Waals surface area contributed by atoms with Crippen LogP contribution in [0.3, 0.4) is 0 Å². The van der Waals surface area contributed by atoms with Crippen LogP contribution in [0.25, 0.3) is 11.4 Å². The van der Waals surface area contributed by atoms with E-state index in [4.69, 9.17) is 28.9 Å². The van der Waals surface area contributed by atoms with Gasteiger partial charge in [0.25, 0.3) is 0 Å². The van der Waals surface area contributed by atoms with Crippen molar-refractivity contribution in [1.82, 2.24) is 9.97 Å². The molecule has 5 heteroatoms. The molecule has 1 aromatic heterocycles. The van der Waals surface area contributed by atoms with Crippen LogP contribution in [0.15, 0.2) is 24.4 Å². The van der Waals surface area contributed by atoms with Crippen LogP contribution in [0.4, 0.5) is 5.69 Å². The summed E-state index contributed by atoms with van der Waals surface area (Å²) in [5.41, 5.74) is 7.67. The summed E-state index contributed by atoms with van der Waals surface area (Å²) in [6.45, 7) is 1.89. The molecule has 1 heterocycles. The summed E-state index contributed by atoms with van der Waals surface area (Å²) in [6, 6.07) is 5.24. The van der Waals surface area contributed by atoms with Crippen molar-refractivity contribution in [2.75, 3.05) is 5.73 Å². The molecule has 0 aliphatic carbocycles. The largest absolute Gasteiger partial charge is 0.396 e. The van der Waals surface area contributed by atoms with Crippen molar-refractivity contribution in [2.24, 2.45) is 0 Å². The van der Waals surface area contributed by atoms with Crippen molar-refractivity contribution in [1.29, 1.82) is 0 Å². The van der Waals surface area contributed by atoms with E-state index < -0.39 is 0 Å². The lowest BCUT2D eigenvalue weighted by Gasteiger charge is -2.05. The predicted octanol–water partition coefficient (Wildman–Crippen LogP) is 3.34. The molecule has 0 fully saturated rings. The van der Waals surface area contributed by atoms with Gasteiger partial charge in [0, 0.05) is 17.5 Å². The highest BCUT2D eigenvalue weighted by Crippen LogP contribution is 2.32. The van der Waals surface area contributed by atoms with Crippen LogP contribution in [-0.4, -0.2) is 9.97 Å². The number of nitrogen functional groups attached to an aromatic ring is 1. The molecule has 0 bridgehead atoms. The molecule has 82 valence electrons. The van der Waals surface area contributed by atoms with Crippen LogP contribution in [0, 0.1) is 6.92 Å². The Hall–Kier alpha value is -1.32. The van der Waals surface area contributed by atoms with E-state index in [0.29, 0.717) is 21.6 Å². The summed E-state index contributed by atoms with van der Waals surface area (Å²) in [6.07, 6.45) is 1.69. The topological polar surface area (TPSA) is 51.8 Å². The Bertz CT molecular complexity index is 517. The van der Waals surface area contributed by atoms with Gasteiger partial charge in [-0.25, -0.2) is 9.97 Å². The number of nitrogens with zero attached hydrogens (tertiary/aromatic N) is 2. The minimum atomic E-state index is 0.375. The third-order valence-corrected chi connectivity index (χ3v) is 2.76. The molecule has 0 atom stereocenters. The molecule has 0 spiro atoms. The molecular formula is C11H9Cl2N3. The number of hydrogen-bond donors (Lipinski definition) is 1. The Labute approximate surface area is 103 Å². The molecular weight excluding hydrogens is 245 g/mol. The third-order valence-electron chi connectivity index (χ3n) is 2.13. The van der Waals surface area contributed by atoms with Gasteiger partial charge >= 0.3 is 0 Å². The van der Waals surface area contributed by atoms with Crippen LogP contribution < -0.4 is 5.73 Å². The normalized spacial score (nSPS) is 10.4. The highest BCUT2D eigenvalue weighted by Gasteiger charge is 2.08. The van der Waals surface area contributed by atoms with E-state index in [1.54, 1.807) is 18.3 Å². The first-order valence-corrected chi connectivity index (χ1v) is 5.38. The summed E-state index contributed by atoms with van der Waals surface area (Å²) in [5, 5.41) is 0.820. The number of hydrogen-bond acceptors (Lipinski definition) is 3. The molecule has 0 aliphatic rings. The maximum atomic E-state index is 5.94. The number of aryl methyl sites for hydroxylation is 1. The van der Waals surface area contributed by atoms with Gasteiger partial charge in [-0.3, -0.25) is 0 Å². The zero-order chi connectivity index (χ0) is 11.7. The molecule has 2 rings (SSSR count). The second-order valence-corrected chi connectivity index (χ2v) is 4.19. The second kappa shape index (κ2) is 4.28. The van der Waals surface area contributed by atoms with E-state index in [0.717, 1.165) is 11.3 Å². The summed E-state index contributed by atoms with van der Waals surface area (Å²) in [7, 11) is 0. The van der Waals surface area contributed by atoms with E-state index in [-0.39, 0.29) is 0 Å². The van der Waals surface area contributed by atoms with Gasteiger partial charge in [0.15, 0.2) is 5.82 Å². The molecule has 0 radical (unpaired) electrons. The first-order chi connectivity index (χ1) is 7.58. The molecule has 0 amide bonds. The van der Waals surface area contributed by atoms with Crippen LogP contribution in [0.1, 0.15) is 5.69 Å². The molecule has 1 aromatic carbocycles. The highest BCUT2D eigenvalue weighted by molar-refractivity contribution is 6.39. The first kappa shape index (κ1) is 11.2. The Morgan fingerprint density at radius 3 is 2.38 bits per heavy atom. The van der Waals surface area contributed by atoms with E-state index >= 15 is 0 Å². The van der Waals surface area contributed by atoms with Gasteiger partial charge in [-0.2, -0.15) is 0 Å². The summed E-state index contributed by atoms with van der Waals surface area (Å²) in [5.74, 6) is 0.587. The van der Waals surface area contributed by atoms with Crippen molar-refractivity contribution in [2.45, 2.75) is 6.92 Å². The summed E-state index contributed by atoms with van der Waals surface area (Å²) < 4.78 is 0. The highest BCUT2D eigenvalue weighted by atomic mass is 35.5. The smallest absolute Gasteiger partial charge is 0.159 e. The molecule has 2 N–H and O–H groups in total. The lowest BCUT2D eigenvalue weighted by molar-refractivity contribution is 1.11. The predicted molar refractivity (Wildman–Crippen MR) is 66.6 cm³/mol. The van der Waals surface area contributed by atoms with Crippen molar-refractivity contribution in [3.05, 3.63) is 40.1 Å². The minimum absolute atomic E-state index is 0.375. The Kier molecular flexibility index (Phi) is 2.99. The fourth-order valence-electron chi connectivity index (χ4n) is 1.30. The molecule has 16 heavy (non-hydrogen) atoms. The first-order valence-electron chi connectivity index (χ1n) is 4.62. The average molecular weight is 254 g/mol. The van der Waals surface area contributed by atoms with Gasteiger partial charge < -0.3 is 5.73 Å². The Morgan fingerprint density at radius 1 is 1.19 bits per heavy atom. The number of anilines is 1. The number of rotatable bonds is 1. The van der Waals surface area contributed by atoms with Crippen LogP contribution >= 0.6 is 23.2 Å². The number of nitrogens with two attached hydrogens (primary N) is 1.